The fraction of sp³-hybridized carbons (Fsp3) is 0. The fourth-order valence-corrected chi connectivity index (χ4v) is 3.89. The zero-order valence-electron chi connectivity index (χ0n) is 15.0. The van der Waals surface area contributed by atoms with Crippen LogP contribution in [-0.2, 0) is 0 Å². The molecule has 0 saturated heterocycles. The second-order valence-corrected chi connectivity index (χ2v) is 8.00. The van der Waals surface area contributed by atoms with E-state index in [1.54, 1.807) is 66.9 Å². The molecule has 0 atom stereocenters. The first-order chi connectivity index (χ1) is 14.0. The average Bonchev–Trinajstić information content (AvgIpc) is 3.32. The molecule has 0 aliphatic heterocycles. The van der Waals surface area contributed by atoms with Gasteiger partial charge in [0.1, 0.15) is 5.75 Å². The summed E-state index contributed by atoms with van der Waals surface area (Å²) in [7, 11) is 0. The predicted molar refractivity (Wildman–Crippen MR) is 116 cm³/mol. The number of nitrogens with one attached hydrogen (secondary N) is 1. The maximum atomic E-state index is 12.5. The molecule has 4 rings (SSSR count). The minimum absolute atomic E-state index is 0.135. The van der Waals surface area contributed by atoms with E-state index in [-0.39, 0.29) is 17.2 Å². The van der Waals surface area contributed by atoms with Gasteiger partial charge in [-0.25, -0.2) is 4.79 Å². The summed E-state index contributed by atoms with van der Waals surface area (Å²) >= 11 is 7.35. The lowest BCUT2D eigenvalue weighted by Crippen LogP contribution is -2.14. The van der Waals surface area contributed by atoms with Crippen molar-refractivity contribution in [3.05, 3.63) is 98.9 Å². The molecule has 144 valence electrons. The number of ketones is 1. The number of halogens is 1. The molecule has 2 aromatic carbocycles. The van der Waals surface area contributed by atoms with Crippen LogP contribution in [0, 0.1) is 0 Å². The van der Waals surface area contributed by atoms with E-state index in [1.165, 1.54) is 22.0 Å². The molecule has 0 unspecified atom stereocenters. The van der Waals surface area contributed by atoms with Gasteiger partial charge in [-0.2, -0.15) is 0 Å². The summed E-state index contributed by atoms with van der Waals surface area (Å²) in [5, 5.41) is 9.51. The first-order valence-electron chi connectivity index (χ1n) is 8.69. The van der Waals surface area contributed by atoms with Crippen molar-refractivity contribution < 1.29 is 9.90 Å². The normalized spacial score (nSPS) is 11.2. The fourth-order valence-electron chi connectivity index (χ4n) is 2.88. The van der Waals surface area contributed by atoms with Crippen LogP contribution < -0.4 is 5.69 Å². The SMILES string of the molecule is O=C(/C=C/c1cccc(O)c1)c1cccc(-n2cc(-c3ccc(Cl)s3)[nH]c2=O)c1. The monoisotopic (exact) mass is 422 g/mol. The van der Waals surface area contributed by atoms with E-state index >= 15 is 0 Å². The number of imidazole rings is 1. The van der Waals surface area contributed by atoms with Crippen LogP contribution in [0.3, 0.4) is 0 Å². The molecule has 0 aliphatic carbocycles. The third kappa shape index (κ3) is 4.23. The van der Waals surface area contributed by atoms with Crippen molar-refractivity contribution in [2.45, 2.75) is 0 Å². The largest absolute Gasteiger partial charge is 0.508 e. The smallest absolute Gasteiger partial charge is 0.330 e. The number of aromatic amines is 1. The Morgan fingerprint density at radius 1 is 1.10 bits per heavy atom. The van der Waals surface area contributed by atoms with Gasteiger partial charge >= 0.3 is 5.69 Å². The number of hydrogen-bond acceptors (Lipinski definition) is 4. The van der Waals surface area contributed by atoms with Crippen molar-refractivity contribution in [3.8, 4) is 22.0 Å². The lowest BCUT2D eigenvalue weighted by Gasteiger charge is -2.03. The second-order valence-electron chi connectivity index (χ2n) is 6.29. The summed E-state index contributed by atoms with van der Waals surface area (Å²) in [6.45, 7) is 0. The van der Waals surface area contributed by atoms with Crippen LogP contribution >= 0.6 is 22.9 Å². The van der Waals surface area contributed by atoms with E-state index in [1.807, 2.05) is 6.07 Å². The molecule has 0 spiro atoms. The Labute approximate surface area is 175 Å². The standard InChI is InChI=1S/C22H15ClN2O3S/c23-21-10-9-20(29-21)18-13-25(22(28)24-18)16-5-2-4-15(12-16)19(27)8-7-14-3-1-6-17(26)11-14/h1-13,26H,(H,24,28)/b8-7+. The number of phenols is 1. The van der Waals surface area contributed by atoms with Gasteiger partial charge in [0, 0.05) is 11.8 Å². The van der Waals surface area contributed by atoms with Gasteiger partial charge in [-0.05, 0) is 48.0 Å². The summed E-state index contributed by atoms with van der Waals surface area (Å²) in [5.74, 6) is -0.0692. The molecule has 7 heteroatoms. The molecule has 0 fully saturated rings. The van der Waals surface area contributed by atoms with Crippen LogP contribution in [0.1, 0.15) is 15.9 Å². The second kappa shape index (κ2) is 7.95. The maximum absolute atomic E-state index is 12.5. The van der Waals surface area contributed by atoms with Gasteiger partial charge in [0.25, 0.3) is 0 Å². The van der Waals surface area contributed by atoms with Crippen molar-refractivity contribution in [1.29, 1.82) is 0 Å². The van der Waals surface area contributed by atoms with Crippen LogP contribution in [0.25, 0.3) is 22.3 Å². The number of benzene rings is 2. The zero-order valence-corrected chi connectivity index (χ0v) is 16.6. The van der Waals surface area contributed by atoms with E-state index in [0.29, 0.717) is 21.3 Å². The van der Waals surface area contributed by atoms with Crippen molar-refractivity contribution in [2.75, 3.05) is 0 Å². The predicted octanol–water partition coefficient (Wildman–Crippen LogP) is 5.15. The van der Waals surface area contributed by atoms with Gasteiger partial charge in [0.2, 0.25) is 0 Å². The minimum atomic E-state index is -0.301. The van der Waals surface area contributed by atoms with Gasteiger partial charge in [0.05, 0.1) is 20.6 Å². The molecule has 0 amide bonds. The number of carbonyl (C=O) groups excluding carboxylic acids is 1. The van der Waals surface area contributed by atoms with Crippen LogP contribution in [0.5, 0.6) is 5.75 Å². The van der Waals surface area contributed by atoms with Crippen molar-refractivity contribution >= 4 is 34.8 Å². The summed E-state index contributed by atoms with van der Waals surface area (Å²) < 4.78 is 2.10. The quantitative estimate of drug-likeness (QED) is 0.345. The molecule has 29 heavy (non-hydrogen) atoms. The Balaban J connectivity index is 1.61. The van der Waals surface area contributed by atoms with Crippen molar-refractivity contribution in [3.63, 3.8) is 0 Å². The number of carbonyl (C=O) groups is 1. The number of H-pyrrole nitrogens is 1. The Morgan fingerprint density at radius 2 is 1.93 bits per heavy atom. The summed E-state index contributed by atoms with van der Waals surface area (Å²) in [5.41, 5.74) is 2.11. The van der Waals surface area contributed by atoms with Crippen molar-refractivity contribution in [2.24, 2.45) is 0 Å². The number of rotatable bonds is 5. The molecule has 0 saturated carbocycles. The van der Waals surface area contributed by atoms with Gasteiger partial charge in [0.15, 0.2) is 5.78 Å². The van der Waals surface area contributed by atoms with E-state index < -0.39 is 0 Å². The number of phenolic OH excluding ortho intramolecular Hbond substituents is 1. The molecule has 5 nitrogen and oxygen atoms in total. The summed E-state index contributed by atoms with van der Waals surface area (Å²) in [6, 6.07) is 17.1. The highest BCUT2D eigenvalue weighted by Gasteiger charge is 2.11. The molecular formula is C22H15ClN2O3S. The van der Waals surface area contributed by atoms with Gasteiger partial charge in [-0.1, -0.05) is 41.9 Å². The Hall–Kier alpha value is -3.35. The zero-order chi connectivity index (χ0) is 20.4. The summed E-state index contributed by atoms with van der Waals surface area (Å²) in [4.78, 5) is 28.6. The van der Waals surface area contributed by atoms with Crippen LogP contribution in [-0.4, -0.2) is 20.4 Å². The highest BCUT2D eigenvalue weighted by Crippen LogP contribution is 2.29. The first kappa shape index (κ1) is 19.0. The third-order valence-corrected chi connectivity index (χ3v) is 5.53. The topological polar surface area (TPSA) is 75.1 Å². The summed E-state index contributed by atoms with van der Waals surface area (Å²) in [6.07, 6.45) is 4.76. The van der Waals surface area contributed by atoms with Crippen LogP contribution in [0.2, 0.25) is 4.34 Å². The molecule has 2 aromatic heterocycles. The lowest BCUT2D eigenvalue weighted by atomic mass is 10.1. The molecule has 2 N–H and O–H groups in total. The Kier molecular flexibility index (Phi) is 5.20. The number of aromatic nitrogens is 2. The van der Waals surface area contributed by atoms with E-state index in [4.69, 9.17) is 11.6 Å². The highest BCUT2D eigenvalue weighted by molar-refractivity contribution is 7.19. The average molecular weight is 423 g/mol. The van der Waals surface area contributed by atoms with E-state index in [2.05, 4.69) is 4.98 Å². The number of nitrogens with zero attached hydrogens (tertiary/aromatic N) is 1. The Bertz CT molecular complexity index is 1280. The minimum Gasteiger partial charge on any atom is -0.508 e. The maximum Gasteiger partial charge on any atom is 0.330 e. The number of hydrogen-bond donors (Lipinski definition) is 2. The van der Waals surface area contributed by atoms with E-state index in [9.17, 15) is 14.7 Å². The van der Waals surface area contributed by atoms with Gasteiger partial charge in [-0.15, -0.1) is 11.3 Å². The molecule has 0 aliphatic rings. The number of allylic oxidation sites excluding steroid dienone is 1. The van der Waals surface area contributed by atoms with Gasteiger partial charge < -0.3 is 10.1 Å². The molecular weight excluding hydrogens is 408 g/mol. The third-order valence-electron chi connectivity index (χ3n) is 4.26. The molecule has 4 aromatic rings. The lowest BCUT2D eigenvalue weighted by molar-refractivity contribution is 0.104. The highest BCUT2D eigenvalue weighted by atomic mass is 35.5. The van der Waals surface area contributed by atoms with Gasteiger partial charge in [-0.3, -0.25) is 9.36 Å². The molecule has 0 bridgehead atoms. The van der Waals surface area contributed by atoms with Crippen LogP contribution in [0.15, 0.2) is 77.7 Å². The Morgan fingerprint density at radius 3 is 2.69 bits per heavy atom. The molecule has 2 heterocycles. The first-order valence-corrected chi connectivity index (χ1v) is 9.88. The van der Waals surface area contributed by atoms with Crippen molar-refractivity contribution in [1.82, 2.24) is 9.55 Å². The molecule has 0 radical (unpaired) electrons. The number of aromatic hydroxyl groups is 1. The number of thiophene rings is 1. The van der Waals surface area contributed by atoms with Crippen LogP contribution in [0.4, 0.5) is 0 Å². The van der Waals surface area contributed by atoms with E-state index in [0.717, 1.165) is 10.4 Å².